The molecule has 1 N–H and O–H groups in total. The van der Waals surface area contributed by atoms with Crippen LogP contribution >= 0.6 is 11.6 Å². The van der Waals surface area contributed by atoms with E-state index in [0.29, 0.717) is 29.5 Å². The molecule has 0 aromatic heterocycles. The van der Waals surface area contributed by atoms with Crippen molar-refractivity contribution in [3.8, 4) is 0 Å². The van der Waals surface area contributed by atoms with Crippen molar-refractivity contribution in [2.75, 3.05) is 24.6 Å². The zero-order valence-electron chi connectivity index (χ0n) is 17.2. The van der Waals surface area contributed by atoms with Gasteiger partial charge in [0.2, 0.25) is 0 Å². The third kappa shape index (κ3) is 4.78. The van der Waals surface area contributed by atoms with E-state index in [0.717, 1.165) is 19.5 Å². The standard InChI is InChI=1S/C23H23ClN4O3/c1-16(29)31-22-21(23(30)28(26-22)20-11-6-5-10-18(20)24)19-15-27(13-7-12-25-19)14-17-8-3-2-4-9-17/h2-6,8-11,25H,7,12-15H2,1H3. The summed E-state index contributed by atoms with van der Waals surface area (Å²) in [5.74, 6) is -0.935. The van der Waals surface area contributed by atoms with Crippen LogP contribution in [0.5, 0.6) is 0 Å². The monoisotopic (exact) mass is 438 g/mol. The lowest BCUT2D eigenvalue weighted by Crippen LogP contribution is -2.31. The lowest BCUT2D eigenvalue weighted by Gasteiger charge is -2.21. The molecule has 8 heteroatoms. The Bertz CT molecular complexity index is 1050. The van der Waals surface area contributed by atoms with Crippen molar-refractivity contribution in [1.82, 2.24) is 10.2 Å². The van der Waals surface area contributed by atoms with Gasteiger partial charge in [0.1, 0.15) is 5.57 Å². The molecule has 31 heavy (non-hydrogen) atoms. The first-order chi connectivity index (χ1) is 15.0. The molecule has 1 amide bonds. The predicted octanol–water partition coefficient (Wildman–Crippen LogP) is 3.31. The molecule has 0 unspecified atom stereocenters. The van der Waals surface area contributed by atoms with E-state index < -0.39 is 5.97 Å². The SMILES string of the molecule is CC(=O)OC1=NN(c2ccccc2Cl)C(=O)C1=C1CN(Cc2ccccc2)CCCN1. The van der Waals surface area contributed by atoms with Crippen LogP contribution in [0.1, 0.15) is 18.9 Å². The van der Waals surface area contributed by atoms with E-state index in [-0.39, 0.29) is 17.4 Å². The first kappa shape index (κ1) is 21.1. The minimum atomic E-state index is -0.541. The highest BCUT2D eigenvalue weighted by Crippen LogP contribution is 2.31. The number of halogens is 1. The number of hydrogen-bond donors (Lipinski definition) is 1. The molecule has 2 aliphatic rings. The molecule has 0 radical (unpaired) electrons. The number of nitrogens with one attached hydrogen (secondary N) is 1. The minimum Gasteiger partial charge on any atom is -0.405 e. The third-order valence-electron chi connectivity index (χ3n) is 5.05. The van der Waals surface area contributed by atoms with E-state index in [1.54, 1.807) is 24.3 Å². The molecular weight excluding hydrogens is 416 g/mol. The summed E-state index contributed by atoms with van der Waals surface area (Å²) in [6.07, 6.45) is 0.923. The maximum absolute atomic E-state index is 13.4. The van der Waals surface area contributed by atoms with Crippen LogP contribution in [-0.2, 0) is 20.9 Å². The van der Waals surface area contributed by atoms with Crippen molar-refractivity contribution in [3.63, 3.8) is 0 Å². The number of amides is 1. The van der Waals surface area contributed by atoms with Crippen molar-refractivity contribution >= 4 is 35.1 Å². The summed E-state index contributed by atoms with van der Waals surface area (Å²) >= 11 is 6.29. The summed E-state index contributed by atoms with van der Waals surface area (Å²) < 4.78 is 5.32. The van der Waals surface area contributed by atoms with Gasteiger partial charge in [0.15, 0.2) is 0 Å². The summed E-state index contributed by atoms with van der Waals surface area (Å²) in [6, 6.07) is 17.1. The Morgan fingerprint density at radius 2 is 1.90 bits per heavy atom. The van der Waals surface area contributed by atoms with Crippen LogP contribution in [0.25, 0.3) is 0 Å². The van der Waals surface area contributed by atoms with Gasteiger partial charge in [-0.1, -0.05) is 54.1 Å². The lowest BCUT2D eigenvalue weighted by atomic mass is 10.1. The molecule has 0 aliphatic carbocycles. The number of hydrogen-bond acceptors (Lipinski definition) is 6. The Morgan fingerprint density at radius 3 is 2.65 bits per heavy atom. The van der Waals surface area contributed by atoms with E-state index in [9.17, 15) is 9.59 Å². The molecular formula is C23H23ClN4O3. The highest BCUT2D eigenvalue weighted by Gasteiger charge is 2.37. The molecule has 1 fully saturated rings. The number of hydrazone groups is 1. The maximum atomic E-state index is 13.4. The fraction of sp³-hybridized carbons (Fsp3) is 0.261. The van der Waals surface area contributed by atoms with Gasteiger partial charge in [-0.3, -0.25) is 14.5 Å². The number of rotatable bonds is 3. The van der Waals surface area contributed by atoms with Gasteiger partial charge < -0.3 is 10.1 Å². The number of carbonyl (C=O) groups is 2. The molecule has 0 spiro atoms. The summed E-state index contributed by atoms with van der Waals surface area (Å²) in [6.45, 7) is 4.13. The van der Waals surface area contributed by atoms with Gasteiger partial charge in [0, 0.05) is 38.8 Å². The van der Waals surface area contributed by atoms with E-state index in [4.69, 9.17) is 16.3 Å². The fourth-order valence-corrected chi connectivity index (χ4v) is 3.90. The molecule has 0 atom stereocenters. The Hall–Kier alpha value is -3.16. The maximum Gasteiger partial charge on any atom is 0.309 e. The largest absolute Gasteiger partial charge is 0.405 e. The highest BCUT2D eigenvalue weighted by atomic mass is 35.5. The molecule has 2 aliphatic heterocycles. The van der Waals surface area contributed by atoms with Gasteiger partial charge >= 0.3 is 5.97 Å². The minimum absolute atomic E-state index is 0.0125. The second kappa shape index (κ2) is 9.32. The Kier molecular flexibility index (Phi) is 6.34. The van der Waals surface area contributed by atoms with Crippen LogP contribution in [0.4, 0.5) is 5.69 Å². The fourth-order valence-electron chi connectivity index (χ4n) is 3.68. The number of anilines is 1. The Labute approximate surface area is 185 Å². The van der Waals surface area contributed by atoms with E-state index in [1.807, 2.05) is 18.2 Å². The molecule has 0 bridgehead atoms. The summed E-state index contributed by atoms with van der Waals surface area (Å²) in [7, 11) is 0. The van der Waals surface area contributed by atoms with Crippen LogP contribution in [0, 0.1) is 0 Å². The van der Waals surface area contributed by atoms with Crippen molar-refractivity contribution in [3.05, 3.63) is 76.5 Å². The molecule has 1 saturated heterocycles. The van der Waals surface area contributed by atoms with Crippen LogP contribution in [0.2, 0.25) is 5.02 Å². The first-order valence-corrected chi connectivity index (χ1v) is 10.5. The predicted molar refractivity (Wildman–Crippen MR) is 120 cm³/mol. The highest BCUT2D eigenvalue weighted by molar-refractivity contribution is 6.36. The normalized spacial score (nSPS) is 19.6. The number of carbonyl (C=O) groups excluding carboxylic acids is 2. The molecule has 2 heterocycles. The lowest BCUT2D eigenvalue weighted by molar-refractivity contribution is -0.132. The Morgan fingerprint density at radius 1 is 1.16 bits per heavy atom. The van der Waals surface area contributed by atoms with E-state index >= 15 is 0 Å². The molecule has 4 rings (SSSR count). The van der Waals surface area contributed by atoms with Gasteiger partial charge in [0.05, 0.1) is 10.7 Å². The van der Waals surface area contributed by atoms with Gasteiger partial charge in [-0.25, -0.2) is 0 Å². The topological polar surface area (TPSA) is 74.2 Å². The smallest absolute Gasteiger partial charge is 0.309 e. The number of benzene rings is 2. The van der Waals surface area contributed by atoms with Gasteiger partial charge in [0.25, 0.3) is 11.8 Å². The first-order valence-electron chi connectivity index (χ1n) is 10.1. The Balaban J connectivity index is 1.68. The molecule has 2 aromatic rings. The third-order valence-corrected chi connectivity index (χ3v) is 5.37. The molecule has 2 aromatic carbocycles. The van der Waals surface area contributed by atoms with Crippen molar-refractivity contribution in [2.45, 2.75) is 19.9 Å². The van der Waals surface area contributed by atoms with Gasteiger partial charge in [-0.2, -0.15) is 5.01 Å². The summed E-state index contributed by atoms with van der Waals surface area (Å²) in [5, 5.41) is 9.21. The van der Waals surface area contributed by atoms with Crippen LogP contribution < -0.4 is 10.3 Å². The number of nitrogens with zero attached hydrogens (tertiary/aromatic N) is 3. The second-order valence-corrected chi connectivity index (χ2v) is 7.80. The average molecular weight is 439 g/mol. The zero-order valence-corrected chi connectivity index (χ0v) is 17.9. The average Bonchev–Trinajstić information content (AvgIpc) is 2.91. The molecule has 7 nitrogen and oxygen atoms in total. The van der Waals surface area contributed by atoms with Crippen LogP contribution in [0.15, 0.2) is 71.0 Å². The molecule has 0 saturated carbocycles. The second-order valence-electron chi connectivity index (χ2n) is 7.40. The summed E-state index contributed by atoms with van der Waals surface area (Å²) in [4.78, 5) is 27.3. The quantitative estimate of drug-likeness (QED) is 0.587. The van der Waals surface area contributed by atoms with E-state index in [1.165, 1.54) is 17.5 Å². The number of ether oxygens (including phenoxy) is 1. The van der Waals surface area contributed by atoms with Gasteiger partial charge in [-0.15, -0.1) is 5.10 Å². The number of para-hydroxylation sites is 1. The van der Waals surface area contributed by atoms with Crippen molar-refractivity contribution in [1.29, 1.82) is 0 Å². The molecule has 160 valence electrons. The van der Waals surface area contributed by atoms with Crippen molar-refractivity contribution in [2.24, 2.45) is 5.10 Å². The summed E-state index contributed by atoms with van der Waals surface area (Å²) in [5.41, 5.74) is 2.57. The van der Waals surface area contributed by atoms with E-state index in [2.05, 4.69) is 27.5 Å². The van der Waals surface area contributed by atoms with Crippen LogP contribution in [0.3, 0.4) is 0 Å². The van der Waals surface area contributed by atoms with Crippen molar-refractivity contribution < 1.29 is 14.3 Å². The zero-order chi connectivity index (χ0) is 21.8. The van der Waals surface area contributed by atoms with Crippen LogP contribution in [-0.4, -0.2) is 42.3 Å². The van der Waals surface area contributed by atoms with Gasteiger partial charge in [-0.05, 0) is 24.1 Å². The number of esters is 1.